The molecule has 0 spiro atoms. The SMILES string of the molecule is CCN(C(=O)c1ccc(S(=O)(=O)N(C)C)cc1)[C@H](C)C(C)C. The molecule has 0 unspecified atom stereocenters. The number of sulfonamides is 1. The Bertz CT molecular complexity index is 607. The van der Waals surface area contributed by atoms with Crippen LogP contribution < -0.4 is 0 Å². The first kappa shape index (κ1) is 18.6. The van der Waals surface area contributed by atoms with Crippen LogP contribution in [0.5, 0.6) is 0 Å². The van der Waals surface area contributed by atoms with Crippen LogP contribution in [0, 0.1) is 5.92 Å². The standard InChI is InChI=1S/C16H26N2O3S/c1-7-18(13(4)12(2)3)16(19)14-8-10-15(11-9-14)22(20,21)17(5)6/h8-13H,7H2,1-6H3/t13-/m1/s1. The topological polar surface area (TPSA) is 57.7 Å². The minimum absolute atomic E-state index is 0.0718. The van der Waals surface area contributed by atoms with Crippen molar-refractivity contribution in [2.75, 3.05) is 20.6 Å². The molecule has 1 amide bonds. The van der Waals surface area contributed by atoms with Gasteiger partial charge in [0.15, 0.2) is 0 Å². The van der Waals surface area contributed by atoms with Gasteiger partial charge in [0.1, 0.15) is 0 Å². The van der Waals surface area contributed by atoms with Crippen molar-refractivity contribution in [3.63, 3.8) is 0 Å². The number of hydrogen-bond donors (Lipinski definition) is 0. The van der Waals surface area contributed by atoms with Crippen LogP contribution in [0.25, 0.3) is 0 Å². The molecule has 0 radical (unpaired) electrons. The number of carbonyl (C=O) groups excluding carboxylic acids is 1. The lowest BCUT2D eigenvalue weighted by atomic mass is 10.0. The Balaban J connectivity index is 3.07. The van der Waals surface area contributed by atoms with Gasteiger partial charge in [-0.3, -0.25) is 4.79 Å². The third-order valence-corrected chi connectivity index (χ3v) is 5.77. The second-order valence-corrected chi connectivity index (χ2v) is 8.04. The molecule has 0 saturated heterocycles. The van der Waals surface area contributed by atoms with E-state index in [1.54, 1.807) is 17.0 Å². The second kappa shape index (κ2) is 7.24. The number of benzene rings is 1. The van der Waals surface area contributed by atoms with Crippen molar-refractivity contribution in [1.82, 2.24) is 9.21 Å². The first-order chi connectivity index (χ1) is 10.1. The van der Waals surface area contributed by atoms with Crippen LogP contribution in [0.2, 0.25) is 0 Å². The summed E-state index contributed by atoms with van der Waals surface area (Å²) in [6, 6.07) is 6.25. The molecule has 1 aromatic carbocycles. The molecule has 0 fully saturated rings. The summed E-state index contributed by atoms with van der Waals surface area (Å²) in [6.45, 7) is 8.75. The molecule has 5 nitrogen and oxygen atoms in total. The fraction of sp³-hybridized carbons (Fsp3) is 0.562. The maximum absolute atomic E-state index is 12.6. The van der Waals surface area contributed by atoms with E-state index in [2.05, 4.69) is 13.8 Å². The normalized spacial score (nSPS) is 13.5. The van der Waals surface area contributed by atoms with Gasteiger partial charge < -0.3 is 4.90 Å². The van der Waals surface area contributed by atoms with Gasteiger partial charge in [-0.15, -0.1) is 0 Å². The van der Waals surface area contributed by atoms with Gasteiger partial charge >= 0.3 is 0 Å². The van der Waals surface area contributed by atoms with Crippen molar-refractivity contribution < 1.29 is 13.2 Å². The summed E-state index contributed by atoms with van der Waals surface area (Å²) in [6.07, 6.45) is 0. The van der Waals surface area contributed by atoms with Gasteiger partial charge in [0, 0.05) is 32.2 Å². The Morgan fingerprint density at radius 3 is 1.95 bits per heavy atom. The maximum atomic E-state index is 12.6. The van der Waals surface area contributed by atoms with E-state index >= 15 is 0 Å². The van der Waals surface area contributed by atoms with Crippen molar-refractivity contribution >= 4 is 15.9 Å². The van der Waals surface area contributed by atoms with E-state index < -0.39 is 10.0 Å². The summed E-state index contributed by atoms with van der Waals surface area (Å²) in [5.41, 5.74) is 0.507. The molecule has 1 rings (SSSR count). The van der Waals surface area contributed by atoms with Crippen LogP contribution in [0.3, 0.4) is 0 Å². The van der Waals surface area contributed by atoms with E-state index in [9.17, 15) is 13.2 Å². The lowest BCUT2D eigenvalue weighted by molar-refractivity contribution is 0.0660. The molecule has 0 saturated carbocycles. The van der Waals surface area contributed by atoms with Gasteiger partial charge in [-0.25, -0.2) is 12.7 Å². The van der Waals surface area contributed by atoms with Gasteiger partial charge in [-0.2, -0.15) is 0 Å². The van der Waals surface area contributed by atoms with E-state index in [4.69, 9.17) is 0 Å². The molecule has 0 aliphatic carbocycles. The smallest absolute Gasteiger partial charge is 0.254 e. The molecule has 6 heteroatoms. The molecule has 0 aliphatic rings. The molecule has 124 valence electrons. The number of nitrogens with zero attached hydrogens (tertiary/aromatic N) is 2. The summed E-state index contributed by atoms with van der Waals surface area (Å²) < 4.78 is 25.2. The van der Waals surface area contributed by atoms with E-state index in [0.29, 0.717) is 18.0 Å². The van der Waals surface area contributed by atoms with Crippen molar-refractivity contribution in [2.24, 2.45) is 5.92 Å². The maximum Gasteiger partial charge on any atom is 0.254 e. The summed E-state index contributed by atoms with van der Waals surface area (Å²) >= 11 is 0. The summed E-state index contributed by atoms with van der Waals surface area (Å²) in [5, 5.41) is 0. The Morgan fingerprint density at radius 1 is 1.09 bits per heavy atom. The first-order valence-corrected chi connectivity index (χ1v) is 8.90. The van der Waals surface area contributed by atoms with Crippen molar-refractivity contribution in [3.8, 4) is 0 Å². The van der Waals surface area contributed by atoms with Gasteiger partial charge in [0.05, 0.1) is 4.90 Å². The lowest BCUT2D eigenvalue weighted by Gasteiger charge is -2.31. The summed E-state index contributed by atoms with van der Waals surface area (Å²) in [5.74, 6) is 0.287. The van der Waals surface area contributed by atoms with E-state index in [1.807, 2.05) is 13.8 Å². The van der Waals surface area contributed by atoms with Crippen LogP contribution >= 0.6 is 0 Å². The third-order valence-electron chi connectivity index (χ3n) is 3.94. The molecule has 0 N–H and O–H groups in total. The van der Waals surface area contributed by atoms with Crippen LogP contribution in [-0.4, -0.2) is 50.2 Å². The summed E-state index contributed by atoms with van der Waals surface area (Å²) in [7, 11) is -0.499. The average Bonchev–Trinajstić information content (AvgIpc) is 2.47. The molecule has 1 atom stereocenters. The largest absolute Gasteiger partial charge is 0.336 e. The summed E-state index contributed by atoms with van der Waals surface area (Å²) in [4.78, 5) is 14.6. The second-order valence-electron chi connectivity index (χ2n) is 5.89. The third kappa shape index (κ3) is 3.87. The highest BCUT2D eigenvalue weighted by Crippen LogP contribution is 2.17. The monoisotopic (exact) mass is 326 g/mol. The predicted octanol–water partition coefficient (Wildman–Crippen LogP) is 2.44. The zero-order valence-electron chi connectivity index (χ0n) is 14.2. The first-order valence-electron chi connectivity index (χ1n) is 7.46. The molecule has 0 heterocycles. The number of amides is 1. The van der Waals surface area contributed by atoms with Crippen LogP contribution in [0.4, 0.5) is 0 Å². The number of hydrogen-bond acceptors (Lipinski definition) is 3. The fourth-order valence-electron chi connectivity index (χ4n) is 2.12. The molecular formula is C16H26N2O3S. The highest BCUT2D eigenvalue weighted by atomic mass is 32.2. The van der Waals surface area contributed by atoms with Crippen LogP contribution in [0.15, 0.2) is 29.2 Å². The Labute approximate surface area is 134 Å². The van der Waals surface area contributed by atoms with E-state index in [0.717, 1.165) is 4.31 Å². The van der Waals surface area contributed by atoms with Crippen molar-refractivity contribution in [3.05, 3.63) is 29.8 Å². The van der Waals surface area contributed by atoms with Gasteiger partial charge in [-0.1, -0.05) is 13.8 Å². The highest BCUT2D eigenvalue weighted by Gasteiger charge is 2.23. The fourth-order valence-corrected chi connectivity index (χ4v) is 3.02. The van der Waals surface area contributed by atoms with Crippen molar-refractivity contribution in [2.45, 2.75) is 38.6 Å². The van der Waals surface area contributed by atoms with Gasteiger partial charge in [-0.05, 0) is 44.0 Å². The minimum Gasteiger partial charge on any atom is -0.336 e. The molecule has 0 aromatic heterocycles. The number of carbonyl (C=O) groups is 1. The molecule has 1 aromatic rings. The molecular weight excluding hydrogens is 300 g/mol. The quantitative estimate of drug-likeness (QED) is 0.807. The number of rotatable bonds is 6. The van der Waals surface area contributed by atoms with Crippen molar-refractivity contribution in [1.29, 1.82) is 0 Å². The Hall–Kier alpha value is -1.40. The van der Waals surface area contributed by atoms with E-state index in [-0.39, 0.29) is 16.8 Å². The zero-order chi connectivity index (χ0) is 17.1. The lowest BCUT2D eigenvalue weighted by Crippen LogP contribution is -2.41. The predicted molar refractivity (Wildman–Crippen MR) is 88.3 cm³/mol. The minimum atomic E-state index is -3.47. The van der Waals surface area contributed by atoms with Gasteiger partial charge in [0.2, 0.25) is 10.0 Å². The Morgan fingerprint density at radius 2 is 1.59 bits per heavy atom. The van der Waals surface area contributed by atoms with E-state index in [1.165, 1.54) is 26.2 Å². The molecule has 0 bridgehead atoms. The van der Waals surface area contributed by atoms with Gasteiger partial charge in [0.25, 0.3) is 5.91 Å². The van der Waals surface area contributed by atoms with Crippen LogP contribution in [-0.2, 0) is 10.0 Å². The van der Waals surface area contributed by atoms with Crippen LogP contribution in [0.1, 0.15) is 38.1 Å². The molecule has 0 aliphatic heterocycles. The zero-order valence-corrected chi connectivity index (χ0v) is 15.0. The highest BCUT2D eigenvalue weighted by molar-refractivity contribution is 7.89. The molecule has 22 heavy (non-hydrogen) atoms. The average molecular weight is 326 g/mol. The Kier molecular flexibility index (Phi) is 6.14.